The molecular weight excluding hydrogens is 388 g/mol. The van der Waals surface area contributed by atoms with E-state index in [0.717, 1.165) is 5.56 Å². The van der Waals surface area contributed by atoms with E-state index >= 15 is 0 Å². The van der Waals surface area contributed by atoms with E-state index in [4.69, 9.17) is 9.47 Å². The third kappa shape index (κ3) is 6.08. The van der Waals surface area contributed by atoms with Crippen LogP contribution < -0.4 is 14.3 Å². The highest BCUT2D eigenvalue weighted by molar-refractivity contribution is 7.89. The number of ether oxygens (including phenoxy) is 2. The molecule has 1 N–H and O–H groups in total. The second-order valence-electron chi connectivity index (χ2n) is 6.10. The van der Waals surface area contributed by atoms with Crippen molar-refractivity contribution in [2.24, 2.45) is 5.10 Å². The van der Waals surface area contributed by atoms with Crippen molar-refractivity contribution in [3.05, 3.63) is 90.0 Å². The molecular formula is C22H22N2O4S. The minimum atomic E-state index is -3.75. The molecule has 0 amide bonds. The monoisotopic (exact) mass is 410 g/mol. The molecule has 3 aromatic rings. The van der Waals surface area contributed by atoms with Crippen molar-refractivity contribution in [2.75, 3.05) is 6.61 Å². The minimum absolute atomic E-state index is 0.109. The normalized spacial score (nSPS) is 11.3. The second-order valence-corrected chi connectivity index (χ2v) is 7.76. The predicted molar refractivity (Wildman–Crippen MR) is 113 cm³/mol. The van der Waals surface area contributed by atoms with Crippen LogP contribution in [0.4, 0.5) is 0 Å². The lowest BCUT2D eigenvalue weighted by Gasteiger charge is -2.07. The molecule has 7 heteroatoms. The van der Waals surface area contributed by atoms with Gasteiger partial charge in [-0.3, -0.25) is 0 Å². The van der Waals surface area contributed by atoms with Gasteiger partial charge in [0, 0.05) is 0 Å². The molecule has 0 bridgehead atoms. The van der Waals surface area contributed by atoms with E-state index in [1.54, 1.807) is 18.2 Å². The Hall–Kier alpha value is -3.32. The smallest absolute Gasteiger partial charge is 0.276 e. The summed E-state index contributed by atoms with van der Waals surface area (Å²) in [5.41, 5.74) is 1.78. The van der Waals surface area contributed by atoms with E-state index < -0.39 is 10.0 Å². The number of rotatable bonds is 9. The first kappa shape index (κ1) is 20.4. The molecule has 0 radical (unpaired) electrons. The lowest BCUT2D eigenvalue weighted by molar-refractivity contribution is 0.306. The largest absolute Gasteiger partial charge is 0.494 e. The van der Waals surface area contributed by atoms with Crippen LogP contribution in [0.15, 0.2) is 88.9 Å². The number of nitrogens with one attached hydrogen (secondary N) is 1. The van der Waals surface area contributed by atoms with Gasteiger partial charge in [-0.15, -0.1) is 0 Å². The highest BCUT2D eigenvalue weighted by Crippen LogP contribution is 2.16. The maximum atomic E-state index is 12.3. The zero-order chi connectivity index (χ0) is 20.5. The lowest BCUT2D eigenvalue weighted by Crippen LogP contribution is -2.18. The van der Waals surface area contributed by atoms with Crippen molar-refractivity contribution >= 4 is 16.2 Å². The Bertz CT molecular complexity index is 1050. The molecule has 0 aliphatic rings. The van der Waals surface area contributed by atoms with E-state index in [2.05, 4.69) is 9.93 Å². The van der Waals surface area contributed by atoms with Gasteiger partial charge in [0.25, 0.3) is 10.0 Å². The summed E-state index contributed by atoms with van der Waals surface area (Å²) in [6, 6.07) is 23.3. The zero-order valence-electron chi connectivity index (χ0n) is 16.0. The summed E-state index contributed by atoms with van der Waals surface area (Å²) in [5, 5.41) is 3.86. The molecule has 0 aliphatic carbocycles. The molecule has 3 rings (SSSR count). The fourth-order valence-electron chi connectivity index (χ4n) is 2.53. The average molecular weight is 410 g/mol. The van der Waals surface area contributed by atoms with E-state index in [9.17, 15) is 8.42 Å². The number of hydrogen-bond donors (Lipinski definition) is 1. The summed E-state index contributed by atoms with van der Waals surface area (Å²) < 4.78 is 35.7. The van der Waals surface area contributed by atoms with Crippen LogP contribution in [0.3, 0.4) is 0 Å². The van der Waals surface area contributed by atoms with Crippen LogP contribution in [0.5, 0.6) is 11.5 Å². The molecule has 0 saturated heterocycles. The maximum Gasteiger partial charge on any atom is 0.276 e. The highest BCUT2D eigenvalue weighted by Gasteiger charge is 2.12. The molecule has 0 aliphatic heterocycles. The molecule has 0 atom stereocenters. The minimum Gasteiger partial charge on any atom is -0.494 e. The van der Waals surface area contributed by atoms with Crippen LogP contribution in [0.25, 0.3) is 0 Å². The van der Waals surface area contributed by atoms with Crippen molar-refractivity contribution in [3.8, 4) is 11.5 Å². The first-order valence-electron chi connectivity index (χ1n) is 9.11. The predicted octanol–water partition coefficient (Wildman–Crippen LogP) is 3.98. The van der Waals surface area contributed by atoms with Gasteiger partial charge >= 0.3 is 0 Å². The van der Waals surface area contributed by atoms with Crippen molar-refractivity contribution in [1.82, 2.24) is 4.83 Å². The van der Waals surface area contributed by atoms with Crippen LogP contribution in [0, 0.1) is 0 Å². The van der Waals surface area contributed by atoms with Crippen molar-refractivity contribution < 1.29 is 17.9 Å². The Morgan fingerprint density at radius 2 is 1.66 bits per heavy atom. The topological polar surface area (TPSA) is 77.0 Å². The molecule has 0 fully saturated rings. The van der Waals surface area contributed by atoms with Crippen molar-refractivity contribution in [2.45, 2.75) is 18.4 Å². The van der Waals surface area contributed by atoms with Gasteiger partial charge in [0.15, 0.2) is 0 Å². The quantitative estimate of drug-likeness (QED) is 0.428. The molecule has 6 nitrogen and oxygen atoms in total. The maximum absolute atomic E-state index is 12.3. The molecule has 0 spiro atoms. The molecule has 0 saturated carbocycles. The summed E-state index contributed by atoms with van der Waals surface area (Å²) in [6.07, 6.45) is 1.43. The van der Waals surface area contributed by atoms with Gasteiger partial charge < -0.3 is 9.47 Å². The molecule has 0 heterocycles. The second kappa shape index (κ2) is 9.75. The van der Waals surface area contributed by atoms with Gasteiger partial charge in [0.1, 0.15) is 18.1 Å². The standard InChI is InChI=1S/C22H22N2O4S/c1-2-27-20-11-13-22(14-12-20)29(25,26)24-23-16-19-9-6-10-21(15-19)28-17-18-7-4-3-5-8-18/h3-16,24H,2,17H2,1H3/b23-16-. The first-order valence-corrected chi connectivity index (χ1v) is 10.6. The van der Waals surface area contributed by atoms with Crippen molar-refractivity contribution in [1.29, 1.82) is 0 Å². The first-order chi connectivity index (χ1) is 14.1. The number of nitrogens with zero attached hydrogens (tertiary/aromatic N) is 1. The summed E-state index contributed by atoms with van der Waals surface area (Å²) in [5.74, 6) is 1.29. The van der Waals surface area contributed by atoms with Crippen LogP contribution in [0.1, 0.15) is 18.1 Å². The van der Waals surface area contributed by atoms with Gasteiger partial charge in [-0.05, 0) is 54.4 Å². The number of benzene rings is 3. The summed E-state index contributed by atoms with van der Waals surface area (Å²) in [4.78, 5) is 2.32. The fraction of sp³-hybridized carbons (Fsp3) is 0.136. The summed E-state index contributed by atoms with van der Waals surface area (Å²) >= 11 is 0. The summed E-state index contributed by atoms with van der Waals surface area (Å²) in [6.45, 7) is 2.83. The van der Waals surface area contributed by atoms with E-state index in [-0.39, 0.29) is 4.90 Å². The van der Waals surface area contributed by atoms with Crippen LogP contribution in [-0.4, -0.2) is 21.2 Å². The van der Waals surface area contributed by atoms with Gasteiger partial charge in [-0.25, -0.2) is 4.83 Å². The number of hydrazone groups is 1. The molecule has 0 aromatic heterocycles. The molecule has 150 valence electrons. The number of hydrogen-bond acceptors (Lipinski definition) is 5. The van der Waals surface area contributed by atoms with Gasteiger partial charge in [0.05, 0.1) is 17.7 Å². The van der Waals surface area contributed by atoms with Gasteiger partial charge in [-0.1, -0.05) is 42.5 Å². The molecule has 3 aromatic carbocycles. The van der Waals surface area contributed by atoms with Crippen LogP contribution >= 0.6 is 0 Å². The Labute approximate surface area is 170 Å². The zero-order valence-corrected chi connectivity index (χ0v) is 16.8. The summed E-state index contributed by atoms with van der Waals surface area (Å²) in [7, 11) is -3.75. The Balaban J connectivity index is 1.60. The number of sulfonamides is 1. The van der Waals surface area contributed by atoms with Crippen LogP contribution in [-0.2, 0) is 16.6 Å². The van der Waals surface area contributed by atoms with E-state index in [1.165, 1.54) is 18.3 Å². The van der Waals surface area contributed by atoms with Crippen LogP contribution in [0.2, 0.25) is 0 Å². The highest BCUT2D eigenvalue weighted by atomic mass is 32.2. The van der Waals surface area contributed by atoms with Gasteiger partial charge in [-0.2, -0.15) is 13.5 Å². The van der Waals surface area contributed by atoms with Gasteiger partial charge in [0.2, 0.25) is 0 Å². The van der Waals surface area contributed by atoms with E-state index in [0.29, 0.717) is 30.3 Å². The average Bonchev–Trinajstić information content (AvgIpc) is 2.74. The Morgan fingerprint density at radius 3 is 2.38 bits per heavy atom. The lowest BCUT2D eigenvalue weighted by atomic mass is 10.2. The molecule has 29 heavy (non-hydrogen) atoms. The Kier molecular flexibility index (Phi) is 6.86. The Morgan fingerprint density at radius 1 is 0.897 bits per heavy atom. The van der Waals surface area contributed by atoms with E-state index in [1.807, 2.05) is 55.5 Å². The SMILES string of the molecule is CCOc1ccc(S(=O)(=O)N/N=C\c2cccc(OCc3ccccc3)c2)cc1. The molecule has 0 unspecified atom stereocenters. The third-order valence-electron chi connectivity index (χ3n) is 3.94. The fourth-order valence-corrected chi connectivity index (χ4v) is 3.32. The van der Waals surface area contributed by atoms with Crippen molar-refractivity contribution in [3.63, 3.8) is 0 Å². The third-order valence-corrected chi connectivity index (χ3v) is 5.18.